The lowest BCUT2D eigenvalue weighted by Gasteiger charge is -2.35. The number of carbonyl (C=O) groups is 2. The molecule has 2 rings (SSSR count). The van der Waals surface area contributed by atoms with Crippen LogP contribution in [0.3, 0.4) is 0 Å². The molecule has 7 heteroatoms. The number of rotatable bonds is 4. The first-order valence-corrected chi connectivity index (χ1v) is 6.90. The van der Waals surface area contributed by atoms with Crippen LogP contribution in [0.25, 0.3) is 0 Å². The molecule has 2 unspecified atom stereocenters. The van der Waals surface area contributed by atoms with E-state index in [1.165, 1.54) is 4.90 Å². The van der Waals surface area contributed by atoms with Gasteiger partial charge >= 0.3 is 12.0 Å². The molecule has 0 bridgehead atoms. The molecular weight excluding hydrogens is 276 g/mol. The average Bonchev–Trinajstić information content (AvgIpc) is 2.85. The molecule has 21 heavy (non-hydrogen) atoms. The first kappa shape index (κ1) is 15.4. The van der Waals surface area contributed by atoms with Gasteiger partial charge in [0, 0.05) is 6.54 Å². The van der Waals surface area contributed by atoms with Gasteiger partial charge in [-0.1, -0.05) is 0 Å². The Kier molecular flexibility index (Phi) is 4.85. The van der Waals surface area contributed by atoms with Crippen LogP contribution in [-0.2, 0) is 9.53 Å². The van der Waals surface area contributed by atoms with Gasteiger partial charge in [0.05, 0.1) is 31.7 Å². The molecule has 0 aromatic carbocycles. The van der Waals surface area contributed by atoms with E-state index in [9.17, 15) is 9.59 Å². The molecule has 0 radical (unpaired) electrons. The molecule has 7 nitrogen and oxygen atoms in total. The maximum Gasteiger partial charge on any atom is 0.318 e. The highest BCUT2D eigenvalue weighted by Crippen LogP contribution is 2.17. The van der Waals surface area contributed by atoms with Crippen LogP contribution in [0.4, 0.5) is 4.79 Å². The zero-order valence-electron chi connectivity index (χ0n) is 12.2. The third-order valence-electron chi connectivity index (χ3n) is 3.43. The Morgan fingerprint density at radius 3 is 2.90 bits per heavy atom. The molecule has 2 N–H and O–H groups in total. The van der Waals surface area contributed by atoms with Gasteiger partial charge in [0.2, 0.25) is 0 Å². The summed E-state index contributed by atoms with van der Waals surface area (Å²) in [5.74, 6) is 0.503. The van der Waals surface area contributed by atoms with Crippen molar-refractivity contribution in [2.75, 3.05) is 19.8 Å². The number of ether oxygens (including phenoxy) is 1. The van der Waals surface area contributed by atoms with Crippen molar-refractivity contribution in [1.82, 2.24) is 10.2 Å². The first-order chi connectivity index (χ1) is 9.97. The lowest BCUT2D eigenvalue weighted by Crippen LogP contribution is -2.53. The summed E-state index contributed by atoms with van der Waals surface area (Å²) in [6, 6.07) is 2.63. The molecule has 0 spiro atoms. The smallest absolute Gasteiger partial charge is 0.318 e. The summed E-state index contributed by atoms with van der Waals surface area (Å²) < 4.78 is 10.7. The van der Waals surface area contributed by atoms with Gasteiger partial charge in [-0.15, -0.1) is 0 Å². The third-order valence-corrected chi connectivity index (χ3v) is 3.43. The van der Waals surface area contributed by atoms with E-state index in [0.717, 1.165) is 5.76 Å². The number of carboxylic acid groups (broad SMARTS) is 1. The van der Waals surface area contributed by atoms with Crippen molar-refractivity contribution in [2.24, 2.45) is 0 Å². The van der Waals surface area contributed by atoms with Gasteiger partial charge in [0.15, 0.2) is 0 Å². The molecule has 2 heterocycles. The number of amides is 2. The number of nitrogens with zero attached hydrogens (tertiary/aromatic N) is 1. The first-order valence-electron chi connectivity index (χ1n) is 6.90. The number of morpholine rings is 1. The summed E-state index contributed by atoms with van der Waals surface area (Å²) in [6.45, 7) is 4.70. The molecule has 1 aliphatic rings. The molecule has 1 aromatic heterocycles. The molecule has 1 aromatic rings. The number of carboxylic acids is 1. The zero-order chi connectivity index (χ0) is 15.4. The summed E-state index contributed by atoms with van der Waals surface area (Å²) in [6.07, 6.45) is -0.123. The van der Waals surface area contributed by atoms with Crippen LogP contribution in [0.5, 0.6) is 0 Å². The Bertz CT molecular complexity index is 513. The number of urea groups is 1. The average molecular weight is 296 g/mol. The molecule has 1 aliphatic heterocycles. The predicted octanol–water partition coefficient (Wildman–Crippen LogP) is 1.53. The molecule has 1 saturated heterocycles. The number of hydrogen-bond acceptors (Lipinski definition) is 4. The number of aliphatic carboxylic acids is 1. The van der Waals surface area contributed by atoms with Crippen molar-refractivity contribution in [1.29, 1.82) is 0 Å². The standard InChI is InChI=1S/C14H20N2O5/c1-9-3-4-12(21-9)10(2)15-14(19)16-5-6-20-8-11(16)7-13(17)18/h3-4,10-11H,5-8H2,1-2H3,(H,15,19)(H,17,18). The number of carbonyl (C=O) groups excluding carboxylic acids is 1. The Hall–Kier alpha value is -2.02. The maximum atomic E-state index is 12.3. The summed E-state index contributed by atoms with van der Waals surface area (Å²) in [4.78, 5) is 24.7. The van der Waals surface area contributed by atoms with Crippen LogP contribution in [0, 0.1) is 6.92 Å². The molecular formula is C14H20N2O5. The lowest BCUT2D eigenvalue weighted by atomic mass is 10.1. The second-order valence-corrected chi connectivity index (χ2v) is 5.14. The zero-order valence-corrected chi connectivity index (χ0v) is 12.2. The van der Waals surface area contributed by atoms with Crippen molar-refractivity contribution < 1.29 is 23.8 Å². The summed E-state index contributed by atoms with van der Waals surface area (Å²) in [5.41, 5.74) is 0. The van der Waals surface area contributed by atoms with Crippen LogP contribution >= 0.6 is 0 Å². The van der Waals surface area contributed by atoms with E-state index in [0.29, 0.717) is 18.9 Å². The highest BCUT2D eigenvalue weighted by atomic mass is 16.5. The topological polar surface area (TPSA) is 92.0 Å². The maximum absolute atomic E-state index is 12.3. The highest BCUT2D eigenvalue weighted by molar-refractivity contribution is 5.76. The van der Waals surface area contributed by atoms with Crippen LogP contribution in [-0.4, -0.2) is 47.8 Å². The summed E-state index contributed by atoms with van der Waals surface area (Å²) in [7, 11) is 0. The van der Waals surface area contributed by atoms with Crippen molar-refractivity contribution >= 4 is 12.0 Å². The second-order valence-electron chi connectivity index (χ2n) is 5.14. The van der Waals surface area contributed by atoms with Crippen LogP contribution < -0.4 is 5.32 Å². The summed E-state index contributed by atoms with van der Waals surface area (Å²) >= 11 is 0. The van der Waals surface area contributed by atoms with Crippen LogP contribution in [0.1, 0.15) is 30.9 Å². The van der Waals surface area contributed by atoms with Crippen molar-refractivity contribution in [3.8, 4) is 0 Å². The molecule has 116 valence electrons. The van der Waals surface area contributed by atoms with Gasteiger partial charge in [0.25, 0.3) is 0 Å². The van der Waals surface area contributed by atoms with Crippen molar-refractivity contribution in [3.05, 3.63) is 23.7 Å². The van der Waals surface area contributed by atoms with Gasteiger partial charge in [0.1, 0.15) is 11.5 Å². The van der Waals surface area contributed by atoms with Gasteiger partial charge in [-0.05, 0) is 26.0 Å². The van der Waals surface area contributed by atoms with Gasteiger partial charge < -0.3 is 24.5 Å². The lowest BCUT2D eigenvalue weighted by molar-refractivity contribution is -0.139. The summed E-state index contributed by atoms with van der Waals surface area (Å²) in [5, 5.41) is 11.7. The third kappa shape index (κ3) is 3.98. The molecule has 2 amide bonds. The number of hydrogen-bond donors (Lipinski definition) is 2. The van der Waals surface area contributed by atoms with Gasteiger partial charge in [-0.2, -0.15) is 0 Å². The fourth-order valence-electron chi connectivity index (χ4n) is 2.32. The van der Waals surface area contributed by atoms with Crippen LogP contribution in [0.15, 0.2) is 16.5 Å². The van der Waals surface area contributed by atoms with E-state index >= 15 is 0 Å². The Morgan fingerprint density at radius 2 is 2.29 bits per heavy atom. The number of aryl methyl sites for hydroxylation is 1. The minimum absolute atomic E-state index is 0.123. The van der Waals surface area contributed by atoms with Crippen LogP contribution in [0.2, 0.25) is 0 Å². The fraction of sp³-hybridized carbons (Fsp3) is 0.571. The van der Waals surface area contributed by atoms with E-state index in [4.69, 9.17) is 14.3 Å². The largest absolute Gasteiger partial charge is 0.481 e. The van der Waals surface area contributed by atoms with E-state index in [2.05, 4.69) is 5.32 Å². The predicted molar refractivity (Wildman–Crippen MR) is 74.0 cm³/mol. The van der Waals surface area contributed by atoms with Crippen molar-refractivity contribution in [3.63, 3.8) is 0 Å². The number of nitrogens with one attached hydrogen (secondary N) is 1. The SMILES string of the molecule is Cc1ccc(C(C)NC(=O)N2CCOCC2CC(=O)O)o1. The van der Waals surface area contributed by atoms with E-state index in [-0.39, 0.29) is 25.1 Å². The number of furan rings is 1. The minimum atomic E-state index is -0.946. The highest BCUT2D eigenvalue weighted by Gasteiger charge is 2.30. The fourth-order valence-corrected chi connectivity index (χ4v) is 2.32. The van der Waals surface area contributed by atoms with Gasteiger partial charge in [-0.3, -0.25) is 4.79 Å². The van der Waals surface area contributed by atoms with Crippen molar-refractivity contribution in [2.45, 2.75) is 32.4 Å². The Morgan fingerprint density at radius 1 is 1.52 bits per heavy atom. The normalized spacial score (nSPS) is 20.1. The Balaban J connectivity index is 1.98. The van der Waals surface area contributed by atoms with Gasteiger partial charge in [-0.25, -0.2) is 4.79 Å². The quantitative estimate of drug-likeness (QED) is 0.879. The van der Waals surface area contributed by atoms with E-state index in [1.54, 1.807) is 0 Å². The van der Waals surface area contributed by atoms with E-state index < -0.39 is 12.0 Å². The van der Waals surface area contributed by atoms with E-state index in [1.807, 2.05) is 26.0 Å². The molecule has 1 fully saturated rings. The minimum Gasteiger partial charge on any atom is -0.481 e. The monoisotopic (exact) mass is 296 g/mol. The second kappa shape index (κ2) is 6.62. The molecule has 0 saturated carbocycles. The Labute approximate surface area is 122 Å². The molecule has 2 atom stereocenters. The molecule has 0 aliphatic carbocycles.